The average Bonchev–Trinajstić information content (AvgIpc) is 0.976. The molecule has 0 amide bonds. The van der Waals surface area contributed by atoms with Gasteiger partial charge < -0.3 is 23.2 Å². The maximum Gasteiger partial charge on any atom is 0.252 e. The van der Waals surface area contributed by atoms with Crippen molar-refractivity contribution in [2.75, 3.05) is 9.80 Å². The van der Waals surface area contributed by atoms with Gasteiger partial charge in [-0.25, -0.2) is 0 Å². The van der Waals surface area contributed by atoms with Crippen LogP contribution >= 0.6 is 0 Å². The summed E-state index contributed by atoms with van der Waals surface area (Å²) in [6, 6.07) is 133. The molecule has 0 saturated heterocycles. The van der Waals surface area contributed by atoms with E-state index in [9.17, 15) is 11.0 Å². The van der Waals surface area contributed by atoms with Crippen molar-refractivity contribution in [2.24, 2.45) is 0 Å². The minimum absolute atomic E-state index is 0.00454. The predicted molar refractivity (Wildman–Crippen MR) is 511 cm³/mol. The molecule has 0 unspecified atom stereocenters. The van der Waals surface area contributed by atoms with E-state index in [-0.39, 0.29) is 21.8 Å². The molecule has 24 aromatic rings. The second-order valence-corrected chi connectivity index (χ2v) is 31.8. The van der Waals surface area contributed by atoms with E-state index >= 15 is 0 Å². The Bertz CT molecular complexity index is 8510. The molecule has 5 nitrogen and oxygen atoms in total. The molecule has 0 atom stereocenters. The Labute approximate surface area is 702 Å². The first kappa shape index (κ1) is 59.0. The number of fused-ring (bicyclic) bond motifs is 27. The average molecular weight is 1530 g/mol. The van der Waals surface area contributed by atoms with Gasteiger partial charge in [0.15, 0.2) is 0 Å². The lowest BCUT2D eigenvalue weighted by Crippen LogP contribution is -2.61. The van der Waals surface area contributed by atoms with Gasteiger partial charge in [-0.15, -0.1) is 0 Å². The molecule has 554 valence electrons. The molecule has 0 fully saturated rings. The van der Waals surface area contributed by atoms with Gasteiger partial charge in [-0.05, 0) is 130 Å². The lowest BCUT2D eigenvalue weighted by atomic mass is 9.33. The predicted octanol–water partition coefficient (Wildman–Crippen LogP) is 28.7. The number of rotatable bonds is 7. The number of benzene rings is 19. The molecule has 0 bridgehead atoms. The highest BCUT2D eigenvalue weighted by molar-refractivity contribution is 7.00. The van der Waals surface area contributed by atoms with Crippen molar-refractivity contribution in [2.45, 2.75) is 0 Å². The van der Waals surface area contributed by atoms with Gasteiger partial charge in [0, 0.05) is 98.9 Å². The van der Waals surface area contributed by atoms with Crippen LogP contribution in [0.4, 0.5) is 34.1 Å². The summed E-state index contributed by atoms with van der Waals surface area (Å²) in [6.45, 7) is -0.718. The molecule has 120 heavy (non-hydrogen) atoms. The largest absolute Gasteiger partial charge is 0.310 e. The lowest BCUT2D eigenvalue weighted by molar-refractivity contribution is 1.16. The number of hydrogen-bond donors (Lipinski definition) is 0. The van der Waals surface area contributed by atoms with Crippen molar-refractivity contribution in [1.29, 1.82) is 0 Å². The zero-order valence-electron chi connectivity index (χ0n) is 72.6. The lowest BCUT2D eigenvalue weighted by Gasteiger charge is -2.46. The summed E-state index contributed by atoms with van der Waals surface area (Å²) in [4.78, 5) is 4.99. The number of nitrogens with zero attached hydrogens (tertiary/aromatic N) is 5. The highest BCUT2D eigenvalue weighted by atomic mass is 15.2. The fourth-order valence-corrected chi connectivity index (χ4v) is 20.9. The third-order valence-corrected chi connectivity index (χ3v) is 25.8. The maximum absolute atomic E-state index is 10.5. The van der Waals surface area contributed by atoms with Crippen LogP contribution in [0.25, 0.3) is 191 Å². The zero-order chi connectivity index (χ0) is 85.3. The molecular formula is C114H70BN5. The Morgan fingerprint density at radius 3 is 0.850 bits per heavy atom. The number of aromatic nitrogens is 3. The van der Waals surface area contributed by atoms with Crippen molar-refractivity contribution in [1.82, 2.24) is 13.4 Å². The number of hydrogen-bond acceptors (Lipinski definition) is 2. The van der Waals surface area contributed by atoms with Crippen LogP contribution in [0.3, 0.4) is 0 Å². The second kappa shape index (κ2) is 25.9. The topological polar surface area (TPSA) is 20.2 Å². The number of anilines is 6. The van der Waals surface area contributed by atoms with Gasteiger partial charge in [0.25, 0.3) is 6.71 Å². The third kappa shape index (κ3) is 9.49. The highest BCUT2D eigenvalue weighted by Crippen LogP contribution is 2.56. The smallest absolute Gasteiger partial charge is 0.252 e. The van der Waals surface area contributed by atoms with Crippen LogP contribution in [0.2, 0.25) is 0 Å². The minimum Gasteiger partial charge on any atom is -0.310 e. The fraction of sp³-hybridized carbons (Fsp3) is 0. The minimum atomic E-state index is -0.718. The Hall–Kier alpha value is -15.8. The molecule has 19 aromatic carbocycles. The Morgan fingerprint density at radius 2 is 0.492 bits per heavy atom. The summed E-state index contributed by atoms with van der Waals surface area (Å²) >= 11 is 0. The standard InChI is InChI=1S/C114H70BN5/c1-5-33-71(34-6-1)76-53-29-54-77(72-35-7-2-8-36-72)111(76)119-106-69-104-96(86-47-19-15-43-82(86)80-41-13-17-45-84(80)92-57-31-59-94-90-51-23-27-63-102(90)117(104)113(92)94)67-98(106)115-99-68-97-87-48-20-16-44-83(87)81-42-14-18-46-85(81)93-58-32-60-95-91-52-24-28-64-103(91)118(114(93)95)105(97)70-107(99)120(112-78(73-37-9-3-10-38-73)55-30-56-79(112)74-39-11-4-12-40-74)109-66-75(65-108(119)110(109)115)116-100-61-25-21-49-88(100)89-50-22-26-62-101(89)116/h1-70H/i21D,22D,25D,26D,49D,50D,61D,62D. The first-order valence-corrected chi connectivity index (χ1v) is 41.0. The molecule has 0 radical (unpaired) electrons. The van der Waals surface area contributed by atoms with E-state index in [4.69, 9.17) is 0 Å². The molecule has 2 aliphatic rings. The summed E-state index contributed by atoms with van der Waals surface area (Å²) in [5.41, 5.74) is 21.4. The molecule has 0 aliphatic carbocycles. The Kier molecular flexibility index (Phi) is 12.7. The van der Waals surface area contributed by atoms with E-state index in [1.807, 2.05) is 0 Å². The third-order valence-electron chi connectivity index (χ3n) is 25.8. The van der Waals surface area contributed by atoms with Gasteiger partial charge in [0.05, 0.1) is 72.2 Å². The molecule has 6 heteroatoms. The Morgan fingerprint density at radius 1 is 0.208 bits per heavy atom. The van der Waals surface area contributed by atoms with E-state index in [0.717, 1.165) is 203 Å². The van der Waals surface area contributed by atoms with E-state index in [1.165, 1.54) is 0 Å². The first-order chi connectivity index (χ1) is 62.9. The van der Waals surface area contributed by atoms with Gasteiger partial charge in [-0.2, -0.15) is 0 Å². The molecule has 5 aromatic heterocycles. The fourth-order valence-electron chi connectivity index (χ4n) is 20.9. The van der Waals surface area contributed by atoms with Crippen LogP contribution in [0.15, 0.2) is 424 Å². The molecule has 0 N–H and O–H groups in total. The normalized spacial score (nSPS) is 13.6. The molecule has 2 aliphatic heterocycles. The molecular weight excluding hydrogens is 1450 g/mol. The van der Waals surface area contributed by atoms with E-state index < -0.39 is 55.1 Å². The van der Waals surface area contributed by atoms with Crippen LogP contribution < -0.4 is 26.2 Å². The van der Waals surface area contributed by atoms with E-state index in [2.05, 4.69) is 395 Å². The van der Waals surface area contributed by atoms with E-state index in [1.54, 1.807) is 4.57 Å². The highest BCUT2D eigenvalue weighted by Gasteiger charge is 2.47. The second-order valence-electron chi connectivity index (χ2n) is 31.8. The molecule has 26 rings (SSSR count). The summed E-state index contributed by atoms with van der Waals surface area (Å²) in [5.74, 6) is 0. The maximum atomic E-state index is 10.5. The van der Waals surface area contributed by atoms with Gasteiger partial charge in [-0.1, -0.05) is 376 Å². The van der Waals surface area contributed by atoms with Crippen LogP contribution in [0, 0.1) is 0 Å². The zero-order valence-corrected chi connectivity index (χ0v) is 64.6. The summed E-state index contributed by atoms with van der Waals surface area (Å²) in [7, 11) is 0. The van der Waals surface area contributed by atoms with Crippen molar-refractivity contribution in [3.8, 4) is 50.2 Å². The van der Waals surface area contributed by atoms with Gasteiger partial charge in [0.2, 0.25) is 0 Å². The first-order valence-electron chi connectivity index (χ1n) is 45.0. The summed E-state index contributed by atoms with van der Waals surface area (Å²) in [6.07, 6.45) is 0. The monoisotopic (exact) mass is 1530 g/mol. The van der Waals surface area contributed by atoms with E-state index in [0.29, 0.717) is 17.1 Å². The molecule has 0 spiro atoms. The van der Waals surface area contributed by atoms with Crippen LogP contribution in [-0.4, -0.2) is 20.1 Å². The van der Waals surface area contributed by atoms with Gasteiger partial charge in [0.1, 0.15) is 0 Å². The van der Waals surface area contributed by atoms with Crippen molar-refractivity contribution >= 4 is 198 Å². The number of para-hydroxylation sites is 8. The van der Waals surface area contributed by atoms with Gasteiger partial charge in [-0.3, -0.25) is 0 Å². The van der Waals surface area contributed by atoms with Crippen molar-refractivity contribution < 1.29 is 11.0 Å². The van der Waals surface area contributed by atoms with Crippen LogP contribution in [0.5, 0.6) is 0 Å². The van der Waals surface area contributed by atoms with Crippen LogP contribution in [-0.2, 0) is 0 Å². The van der Waals surface area contributed by atoms with Crippen molar-refractivity contribution in [3.05, 3.63) is 424 Å². The SMILES string of the molecule is [2H]c1c([2H])c([2H])c2c(c1[2H])c1c([2H])c([2H])c([2H])c([2H])c1n2-c1cc2c3c(c1)N(c1c(-c4ccccc4)cccc1-c1ccccc1)c1cc4c(cc1B3c1cc3c5ccccc5c5ccccc5c5cccc6c7ccccc7n(c3cc1N2c1c(-c2ccccc2)cccc1-c1ccccc1)c56)c1ccccc1c1ccccc1c1cccc2c3ccccc3n4c12. The quantitative estimate of drug-likeness (QED) is 0.148. The Balaban J connectivity index is 0.972. The van der Waals surface area contributed by atoms with Crippen LogP contribution in [0.1, 0.15) is 11.0 Å². The summed E-state index contributed by atoms with van der Waals surface area (Å²) in [5, 5.41) is 17.1. The molecule has 7 heterocycles. The summed E-state index contributed by atoms with van der Waals surface area (Å²) < 4.78 is 86.5. The van der Waals surface area contributed by atoms with Crippen molar-refractivity contribution in [3.63, 3.8) is 0 Å². The molecule has 0 saturated carbocycles. The van der Waals surface area contributed by atoms with Gasteiger partial charge >= 0.3 is 0 Å².